The van der Waals surface area contributed by atoms with Gasteiger partial charge >= 0.3 is 6.09 Å². The van der Waals surface area contributed by atoms with Gasteiger partial charge in [-0.2, -0.15) is 0 Å². The van der Waals surface area contributed by atoms with E-state index in [0.717, 1.165) is 11.1 Å². The summed E-state index contributed by atoms with van der Waals surface area (Å²) in [5, 5.41) is 4.00. The van der Waals surface area contributed by atoms with Crippen LogP contribution < -0.4 is 5.32 Å². The van der Waals surface area contributed by atoms with E-state index in [4.69, 9.17) is 32.7 Å². The third-order valence-corrected chi connectivity index (χ3v) is 4.14. The molecule has 0 unspecified atom stereocenters. The molecular formula is C18H17Cl2NO3. The Bertz CT molecular complexity index is 684. The standard InChI is InChI=1S/C18H17Cl2NO3/c19-14-6-13(7-15(20)9-14)8-16(17-11-23-17)21-18(22)24-10-12-4-2-1-3-5-12/h1-7,9,16-17H,8,10-11H2,(H,21,22)/t16-,17-/m0/s1. The van der Waals surface area contributed by atoms with E-state index in [-0.39, 0.29) is 18.8 Å². The summed E-state index contributed by atoms with van der Waals surface area (Å²) in [5.74, 6) is 0. The first-order valence-corrected chi connectivity index (χ1v) is 8.39. The number of epoxide rings is 1. The maximum Gasteiger partial charge on any atom is 0.407 e. The lowest BCUT2D eigenvalue weighted by atomic mass is 10.0. The molecule has 6 heteroatoms. The van der Waals surface area contributed by atoms with E-state index in [1.165, 1.54) is 0 Å². The van der Waals surface area contributed by atoms with Gasteiger partial charge in [-0.3, -0.25) is 0 Å². The zero-order chi connectivity index (χ0) is 16.9. The second-order valence-corrected chi connectivity index (χ2v) is 6.54. The lowest BCUT2D eigenvalue weighted by molar-refractivity contribution is 0.133. The van der Waals surface area contributed by atoms with Gasteiger partial charge in [-0.1, -0.05) is 53.5 Å². The lowest BCUT2D eigenvalue weighted by Crippen LogP contribution is -2.40. The predicted octanol–water partition coefficient (Wildman–Crippen LogP) is 4.23. The van der Waals surface area contributed by atoms with Gasteiger partial charge in [-0.15, -0.1) is 0 Å². The third-order valence-electron chi connectivity index (χ3n) is 3.70. The minimum absolute atomic E-state index is 0.00738. The van der Waals surface area contributed by atoms with Gasteiger partial charge in [0.1, 0.15) is 12.7 Å². The molecule has 0 radical (unpaired) electrons. The van der Waals surface area contributed by atoms with Crippen LogP contribution >= 0.6 is 23.2 Å². The number of carbonyl (C=O) groups is 1. The normalized spacial score (nSPS) is 17.2. The molecule has 3 rings (SSSR count). The third kappa shape index (κ3) is 5.13. The highest BCUT2D eigenvalue weighted by Gasteiger charge is 2.34. The van der Waals surface area contributed by atoms with Crippen molar-refractivity contribution in [1.29, 1.82) is 0 Å². The SMILES string of the molecule is O=C(N[C@@H](Cc1cc(Cl)cc(Cl)c1)[C@@H]1CO1)OCc1ccccc1. The van der Waals surface area contributed by atoms with Gasteiger partial charge in [-0.25, -0.2) is 4.79 Å². The molecule has 1 fully saturated rings. The summed E-state index contributed by atoms with van der Waals surface area (Å²) in [5.41, 5.74) is 1.88. The van der Waals surface area contributed by atoms with Crippen LogP contribution in [0, 0.1) is 0 Å². The summed E-state index contributed by atoms with van der Waals surface area (Å²) < 4.78 is 10.6. The summed E-state index contributed by atoms with van der Waals surface area (Å²) in [7, 11) is 0. The number of hydrogen-bond donors (Lipinski definition) is 1. The van der Waals surface area contributed by atoms with E-state index < -0.39 is 6.09 Å². The van der Waals surface area contributed by atoms with Crippen molar-refractivity contribution >= 4 is 29.3 Å². The highest BCUT2D eigenvalue weighted by Crippen LogP contribution is 2.23. The summed E-state index contributed by atoms with van der Waals surface area (Å²) >= 11 is 12.0. The molecule has 1 aliphatic rings. The Morgan fingerprint density at radius 2 is 1.83 bits per heavy atom. The Labute approximate surface area is 150 Å². The number of halogens is 2. The van der Waals surface area contributed by atoms with Crippen molar-refractivity contribution in [3.05, 3.63) is 69.7 Å². The van der Waals surface area contributed by atoms with Gasteiger partial charge in [-0.05, 0) is 35.7 Å². The molecule has 1 saturated heterocycles. The van der Waals surface area contributed by atoms with Crippen LogP contribution in [0.4, 0.5) is 4.79 Å². The number of carbonyl (C=O) groups excluding carboxylic acids is 1. The van der Waals surface area contributed by atoms with Crippen LogP contribution in [0.5, 0.6) is 0 Å². The van der Waals surface area contributed by atoms with E-state index in [9.17, 15) is 4.79 Å². The van der Waals surface area contributed by atoms with Crippen LogP contribution in [-0.2, 0) is 22.5 Å². The molecule has 1 aliphatic heterocycles. The maximum absolute atomic E-state index is 12.0. The molecule has 0 aliphatic carbocycles. The van der Waals surface area contributed by atoms with Gasteiger partial charge in [0.25, 0.3) is 0 Å². The molecular weight excluding hydrogens is 349 g/mol. The van der Waals surface area contributed by atoms with E-state index >= 15 is 0 Å². The molecule has 0 spiro atoms. The van der Waals surface area contributed by atoms with Gasteiger partial charge in [0, 0.05) is 10.0 Å². The van der Waals surface area contributed by atoms with Crippen molar-refractivity contribution in [2.24, 2.45) is 0 Å². The second-order valence-electron chi connectivity index (χ2n) is 5.67. The Morgan fingerprint density at radius 1 is 1.17 bits per heavy atom. The molecule has 1 heterocycles. The fraction of sp³-hybridized carbons (Fsp3) is 0.278. The van der Waals surface area contributed by atoms with Gasteiger partial charge in [0.2, 0.25) is 0 Å². The maximum atomic E-state index is 12.0. The van der Waals surface area contributed by atoms with Crippen molar-refractivity contribution < 1.29 is 14.3 Å². The zero-order valence-electron chi connectivity index (χ0n) is 12.9. The van der Waals surface area contributed by atoms with Crippen LogP contribution in [0.3, 0.4) is 0 Å². The number of hydrogen-bond acceptors (Lipinski definition) is 3. The first-order chi connectivity index (χ1) is 11.6. The summed E-state index contributed by atoms with van der Waals surface area (Å²) in [6.07, 6.45) is 0.102. The molecule has 2 aromatic carbocycles. The molecule has 0 aromatic heterocycles. The Kier molecular flexibility index (Phi) is 5.61. The largest absolute Gasteiger partial charge is 0.445 e. The molecule has 2 aromatic rings. The van der Waals surface area contributed by atoms with Crippen molar-refractivity contribution in [1.82, 2.24) is 5.32 Å². The van der Waals surface area contributed by atoms with Gasteiger partial charge < -0.3 is 14.8 Å². The lowest BCUT2D eigenvalue weighted by Gasteiger charge is -2.17. The summed E-state index contributed by atoms with van der Waals surface area (Å²) in [6, 6.07) is 14.7. The number of amides is 1. The Morgan fingerprint density at radius 3 is 2.46 bits per heavy atom. The fourth-order valence-electron chi connectivity index (χ4n) is 2.46. The average Bonchev–Trinajstić information content (AvgIpc) is 3.37. The number of ether oxygens (including phenoxy) is 2. The molecule has 1 N–H and O–H groups in total. The molecule has 0 bridgehead atoms. The smallest absolute Gasteiger partial charge is 0.407 e. The first kappa shape index (κ1) is 17.1. The van der Waals surface area contributed by atoms with Crippen molar-refractivity contribution in [3.63, 3.8) is 0 Å². The quantitative estimate of drug-likeness (QED) is 0.779. The van der Waals surface area contributed by atoms with Crippen LogP contribution in [-0.4, -0.2) is 24.8 Å². The Balaban J connectivity index is 1.56. The van der Waals surface area contributed by atoms with Crippen LogP contribution in [0.2, 0.25) is 10.0 Å². The predicted molar refractivity (Wildman–Crippen MR) is 93.5 cm³/mol. The summed E-state index contributed by atoms with van der Waals surface area (Å²) in [4.78, 5) is 12.0. The summed E-state index contributed by atoms with van der Waals surface area (Å²) in [6.45, 7) is 0.853. The average molecular weight is 366 g/mol. The zero-order valence-corrected chi connectivity index (χ0v) is 14.4. The van der Waals surface area contributed by atoms with Crippen LogP contribution in [0.25, 0.3) is 0 Å². The van der Waals surface area contributed by atoms with Crippen molar-refractivity contribution in [2.45, 2.75) is 25.2 Å². The molecule has 4 nitrogen and oxygen atoms in total. The topological polar surface area (TPSA) is 50.9 Å². The van der Waals surface area contributed by atoms with Crippen molar-refractivity contribution in [2.75, 3.05) is 6.61 Å². The van der Waals surface area contributed by atoms with E-state index in [0.29, 0.717) is 23.1 Å². The van der Waals surface area contributed by atoms with E-state index in [2.05, 4.69) is 5.32 Å². The molecule has 2 atom stereocenters. The van der Waals surface area contributed by atoms with Gasteiger partial charge in [0.05, 0.1) is 12.6 Å². The minimum Gasteiger partial charge on any atom is -0.445 e. The highest BCUT2D eigenvalue weighted by atomic mass is 35.5. The molecule has 0 saturated carbocycles. The Hall–Kier alpha value is -1.75. The number of benzene rings is 2. The minimum atomic E-state index is -0.465. The monoisotopic (exact) mass is 365 g/mol. The van der Waals surface area contributed by atoms with Crippen LogP contribution in [0.1, 0.15) is 11.1 Å². The van der Waals surface area contributed by atoms with E-state index in [1.807, 2.05) is 42.5 Å². The first-order valence-electron chi connectivity index (χ1n) is 7.64. The fourth-order valence-corrected chi connectivity index (χ4v) is 3.03. The van der Waals surface area contributed by atoms with Crippen LogP contribution in [0.15, 0.2) is 48.5 Å². The van der Waals surface area contributed by atoms with Crippen molar-refractivity contribution in [3.8, 4) is 0 Å². The second kappa shape index (κ2) is 7.88. The van der Waals surface area contributed by atoms with Gasteiger partial charge in [0.15, 0.2) is 0 Å². The number of rotatable bonds is 6. The highest BCUT2D eigenvalue weighted by molar-refractivity contribution is 6.34. The molecule has 24 heavy (non-hydrogen) atoms. The molecule has 1 amide bonds. The van der Waals surface area contributed by atoms with E-state index in [1.54, 1.807) is 6.07 Å². The molecule has 126 valence electrons. The number of nitrogens with one attached hydrogen (secondary N) is 1. The number of alkyl carbamates (subject to hydrolysis) is 1.